The molecule has 0 bridgehead atoms. The second kappa shape index (κ2) is 12.3. The van der Waals surface area contributed by atoms with Crippen molar-refractivity contribution in [3.05, 3.63) is 97.1 Å². The lowest BCUT2D eigenvalue weighted by atomic mass is 10.3. The van der Waals surface area contributed by atoms with Crippen LogP contribution in [0.1, 0.15) is 0 Å². The number of nitrogens with one attached hydrogen (secondary N) is 2. The number of para-hydroxylation sites is 4. The Kier molecular flexibility index (Phi) is 8.18. The van der Waals surface area contributed by atoms with Crippen LogP contribution in [0.4, 0.5) is 11.4 Å². The summed E-state index contributed by atoms with van der Waals surface area (Å²) in [6, 6.07) is 26.5. The van der Waals surface area contributed by atoms with Crippen molar-refractivity contribution in [3.63, 3.8) is 0 Å². The first-order chi connectivity index (χ1) is 20.8. The Balaban J connectivity index is 1.01. The van der Waals surface area contributed by atoms with E-state index in [4.69, 9.17) is 8.83 Å². The zero-order valence-electron chi connectivity index (χ0n) is 22.2. The first-order valence-electron chi connectivity index (χ1n) is 12.9. The molecule has 0 atom stereocenters. The van der Waals surface area contributed by atoms with Gasteiger partial charge in [-0.05, 0) is 72.8 Å². The molecule has 0 spiro atoms. The molecular weight excluding hydrogens is 609 g/mol. The fourth-order valence-corrected chi connectivity index (χ4v) is 6.58. The van der Waals surface area contributed by atoms with E-state index in [2.05, 4.69) is 20.6 Å². The number of rotatable bonds is 10. The number of thioether (sulfide) groups is 2. The monoisotopic (exact) mass is 630 g/mol. The summed E-state index contributed by atoms with van der Waals surface area (Å²) >= 11 is 2.33. The van der Waals surface area contributed by atoms with E-state index in [0.29, 0.717) is 44.0 Å². The zero-order valence-corrected chi connectivity index (χ0v) is 24.7. The average Bonchev–Trinajstić information content (AvgIpc) is 3.63. The highest BCUT2D eigenvalue weighted by Gasteiger charge is 2.18. The number of carbonyl (C=O) groups is 2. The van der Waals surface area contributed by atoms with Crippen LogP contribution >= 0.6 is 23.5 Å². The fraction of sp³-hybridized carbons (Fsp3) is 0.0667. The Hall–Kier alpha value is -4.59. The molecule has 0 unspecified atom stereocenters. The second-order valence-electron chi connectivity index (χ2n) is 9.12. The van der Waals surface area contributed by atoms with E-state index in [-0.39, 0.29) is 33.1 Å². The van der Waals surface area contributed by atoms with E-state index >= 15 is 0 Å². The van der Waals surface area contributed by atoms with E-state index in [1.165, 1.54) is 48.5 Å². The molecule has 6 rings (SSSR count). The summed E-state index contributed by atoms with van der Waals surface area (Å²) in [5.74, 6) is -0.420. The van der Waals surface area contributed by atoms with Crippen LogP contribution in [0.5, 0.6) is 0 Å². The number of hydrogen-bond donors (Lipinski definition) is 2. The molecule has 2 amide bonds. The van der Waals surface area contributed by atoms with Gasteiger partial charge in [-0.1, -0.05) is 47.8 Å². The van der Waals surface area contributed by atoms with E-state index in [0.717, 1.165) is 23.5 Å². The SMILES string of the molecule is O=C(CSc1nc2ccccc2o1)Nc1ccc(S(=O)(=O)c2ccc(NC(=O)CSc3nc4ccccc4o3)cc2)cc1. The lowest BCUT2D eigenvalue weighted by molar-refractivity contribution is -0.114. The predicted molar refractivity (Wildman–Crippen MR) is 165 cm³/mol. The van der Waals surface area contributed by atoms with Gasteiger partial charge in [0.15, 0.2) is 11.2 Å². The number of carbonyl (C=O) groups excluding carboxylic acids is 2. The molecule has 6 aromatic rings. The van der Waals surface area contributed by atoms with Crippen molar-refractivity contribution >= 4 is 78.7 Å². The number of aromatic nitrogens is 2. The fourth-order valence-electron chi connectivity index (χ4n) is 4.05. The molecule has 0 aliphatic carbocycles. The smallest absolute Gasteiger partial charge is 0.257 e. The molecule has 0 aliphatic rings. The van der Waals surface area contributed by atoms with Gasteiger partial charge in [0, 0.05) is 11.4 Å². The van der Waals surface area contributed by atoms with Gasteiger partial charge in [0.25, 0.3) is 10.4 Å². The van der Waals surface area contributed by atoms with E-state index in [1.807, 2.05) is 36.4 Å². The lowest BCUT2D eigenvalue weighted by Gasteiger charge is -2.09. The predicted octanol–water partition coefficient (Wildman–Crippen LogP) is 6.26. The highest BCUT2D eigenvalue weighted by molar-refractivity contribution is 8.00. The molecule has 0 saturated carbocycles. The Morgan fingerprint density at radius 1 is 0.605 bits per heavy atom. The summed E-state index contributed by atoms with van der Waals surface area (Å²) in [5, 5.41) is 6.27. The Bertz CT molecular complexity index is 1830. The van der Waals surface area contributed by atoms with Crippen LogP contribution in [0.2, 0.25) is 0 Å². The molecule has 0 saturated heterocycles. The third kappa shape index (κ3) is 6.74. The molecule has 0 aliphatic heterocycles. The first-order valence-corrected chi connectivity index (χ1v) is 16.3. The Labute approximate surface area is 254 Å². The molecule has 13 heteroatoms. The molecule has 2 aromatic heterocycles. The number of sulfone groups is 1. The molecule has 43 heavy (non-hydrogen) atoms. The van der Waals surface area contributed by atoms with Crippen molar-refractivity contribution in [1.29, 1.82) is 0 Å². The number of fused-ring (bicyclic) bond motifs is 2. The van der Waals surface area contributed by atoms with Crippen LogP contribution in [0.3, 0.4) is 0 Å². The normalized spacial score (nSPS) is 11.5. The minimum absolute atomic E-state index is 0.0675. The third-order valence-electron chi connectivity index (χ3n) is 6.10. The van der Waals surface area contributed by atoms with Gasteiger partial charge in [-0.25, -0.2) is 18.4 Å². The van der Waals surface area contributed by atoms with E-state index < -0.39 is 9.84 Å². The van der Waals surface area contributed by atoms with Crippen LogP contribution in [-0.2, 0) is 19.4 Å². The average molecular weight is 631 g/mol. The third-order valence-corrected chi connectivity index (χ3v) is 9.54. The summed E-state index contributed by atoms with van der Waals surface area (Å²) in [5.41, 5.74) is 3.64. The number of benzene rings is 4. The van der Waals surface area contributed by atoms with Crippen molar-refractivity contribution in [2.75, 3.05) is 22.1 Å². The Morgan fingerprint density at radius 3 is 1.40 bits per heavy atom. The summed E-state index contributed by atoms with van der Waals surface area (Å²) in [4.78, 5) is 33.6. The molecular formula is C30H22N4O6S3. The number of anilines is 2. The maximum absolute atomic E-state index is 13.2. The van der Waals surface area contributed by atoms with Gasteiger partial charge in [-0.2, -0.15) is 0 Å². The molecule has 4 aromatic carbocycles. The van der Waals surface area contributed by atoms with Crippen molar-refractivity contribution < 1.29 is 26.8 Å². The maximum atomic E-state index is 13.2. The molecule has 0 fully saturated rings. The van der Waals surface area contributed by atoms with Gasteiger partial charge in [-0.15, -0.1) is 0 Å². The number of hydrogen-bond acceptors (Lipinski definition) is 10. The quantitative estimate of drug-likeness (QED) is 0.166. The topological polar surface area (TPSA) is 144 Å². The minimum atomic E-state index is -3.82. The van der Waals surface area contributed by atoms with Crippen LogP contribution in [0.25, 0.3) is 22.2 Å². The summed E-state index contributed by atoms with van der Waals surface area (Å²) in [7, 11) is -3.82. The summed E-state index contributed by atoms with van der Waals surface area (Å²) in [6.07, 6.45) is 0. The highest BCUT2D eigenvalue weighted by Crippen LogP contribution is 2.26. The van der Waals surface area contributed by atoms with Crippen molar-refractivity contribution in [2.24, 2.45) is 0 Å². The Morgan fingerprint density at radius 2 is 1.00 bits per heavy atom. The zero-order chi connectivity index (χ0) is 29.8. The number of oxazole rings is 2. The van der Waals surface area contributed by atoms with Gasteiger partial charge in [0.05, 0.1) is 21.3 Å². The van der Waals surface area contributed by atoms with Gasteiger partial charge in [0.2, 0.25) is 21.7 Å². The first kappa shape index (κ1) is 28.5. The molecule has 216 valence electrons. The van der Waals surface area contributed by atoms with Crippen LogP contribution in [-0.4, -0.2) is 41.7 Å². The maximum Gasteiger partial charge on any atom is 0.257 e. The highest BCUT2D eigenvalue weighted by atomic mass is 32.2. The van der Waals surface area contributed by atoms with Crippen LogP contribution in [0, 0.1) is 0 Å². The van der Waals surface area contributed by atoms with E-state index in [9.17, 15) is 18.0 Å². The standard InChI is InChI=1S/C30H22N4O6S3/c35-27(17-41-29-33-23-5-1-3-7-25(23)39-29)31-19-9-13-21(14-10-19)43(37,38)22-15-11-20(12-16-22)32-28(36)18-42-30-34-24-6-2-4-8-26(24)40-30/h1-16H,17-18H2,(H,31,35)(H,32,36). The van der Waals surface area contributed by atoms with Crippen molar-refractivity contribution in [1.82, 2.24) is 9.97 Å². The van der Waals surface area contributed by atoms with Gasteiger partial charge >= 0.3 is 0 Å². The molecule has 2 N–H and O–H groups in total. The van der Waals surface area contributed by atoms with Crippen molar-refractivity contribution in [2.45, 2.75) is 20.2 Å². The summed E-state index contributed by atoms with van der Waals surface area (Å²) in [6.45, 7) is 0. The largest absolute Gasteiger partial charge is 0.431 e. The lowest BCUT2D eigenvalue weighted by Crippen LogP contribution is -2.14. The van der Waals surface area contributed by atoms with Crippen LogP contribution in [0.15, 0.2) is 126 Å². The van der Waals surface area contributed by atoms with Gasteiger partial charge in [0.1, 0.15) is 11.0 Å². The van der Waals surface area contributed by atoms with Crippen LogP contribution < -0.4 is 10.6 Å². The number of amides is 2. The molecule has 0 radical (unpaired) electrons. The molecule has 2 heterocycles. The van der Waals surface area contributed by atoms with E-state index in [1.54, 1.807) is 12.1 Å². The van der Waals surface area contributed by atoms with Gasteiger partial charge < -0.3 is 19.5 Å². The van der Waals surface area contributed by atoms with Gasteiger partial charge in [-0.3, -0.25) is 9.59 Å². The number of nitrogens with zero attached hydrogens (tertiary/aromatic N) is 2. The molecule has 10 nitrogen and oxygen atoms in total. The van der Waals surface area contributed by atoms with Crippen molar-refractivity contribution in [3.8, 4) is 0 Å². The second-order valence-corrected chi connectivity index (χ2v) is 12.9. The summed E-state index contributed by atoms with van der Waals surface area (Å²) < 4.78 is 37.5. The minimum Gasteiger partial charge on any atom is -0.431 e.